The van der Waals surface area contributed by atoms with E-state index < -0.39 is 5.76 Å². The number of carbonyl (C=O) groups is 2. The third-order valence-electron chi connectivity index (χ3n) is 3.08. The van der Waals surface area contributed by atoms with E-state index in [1.807, 2.05) is 11.4 Å². The highest BCUT2D eigenvalue weighted by Crippen LogP contribution is 2.21. The van der Waals surface area contributed by atoms with Crippen LogP contribution in [0.3, 0.4) is 0 Å². The second kappa shape index (κ2) is 6.93. The molecular formula is C15H13N3O4S2. The SMILES string of the molecule is CC(=O)NCc1ccc(C(=O)Cn2nc(-c3cccs3)oc2=O)s1. The van der Waals surface area contributed by atoms with Gasteiger partial charge in [-0.15, -0.1) is 27.8 Å². The second-order valence-electron chi connectivity index (χ2n) is 4.91. The van der Waals surface area contributed by atoms with Crippen molar-refractivity contribution in [2.45, 2.75) is 20.0 Å². The minimum atomic E-state index is -0.665. The summed E-state index contributed by atoms with van der Waals surface area (Å²) in [6.07, 6.45) is 0. The van der Waals surface area contributed by atoms with Gasteiger partial charge < -0.3 is 9.73 Å². The maximum atomic E-state index is 12.3. The maximum absolute atomic E-state index is 12.3. The van der Waals surface area contributed by atoms with Crippen LogP contribution in [-0.2, 0) is 17.9 Å². The Labute approximate surface area is 144 Å². The molecule has 124 valence electrons. The summed E-state index contributed by atoms with van der Waals surface area (Å²) in [7, 11) is 0. The van der Waals surface area contributed by atoms with Gasteiger partial charge in [0.2, 0.25) is 5.91 Å². The number of nitrogens with one attached hydrogen (secondary N) is 1. The Hall–Kier alpha value is -2.52. The molecule has 0 atom stereocenters. The van der Waals surface area contributed by atoms with Crippen LogP contribution in [0, 0.1) is 0 Å². The van der Waals surface area contributed by atoms with E-state index in [9.17, 15) is 14.4 Å². The summed E-state index contributed by atoms with van der Waals surface area (Å²) in [4.78, 5) is 37.1. The van der Waals surface area contributed by atoms with E-state index in [0.717, 1.165) is 14.4 Å². The lowest BCUT2D eigenvalue weighted by Gasteiger charge is -1.98. The molecule has 1 N–H and O–H groups in total. The zero-order valence-electron chi connectivity index (χ0n) is 12.6. The third kappa shape index (κ3) is 3.69. The fraction of sp³-hybridized carbons (Fsp3) is 0.200. The highest BCUT2D eigenvalue weighted by molar-refractivity contribution is 7.14. The van der Waals surface area contributed by atoms with E-state index in [2.05, 4.69) is 10.4 Å². The van der Waals surface area contributed by atoms with Crippen LogP contribution in [0.5, 0.6) is 0 Å². The predicted octanol–water partition coefficient (Wildman–Crippen LogP) is 2.15. The second-order valence-corrected chi connectivity index (χ2v) is 7.02. The van der Waals surface area contributed by atoms with Gasteiger partial charge in [-0.2, -0.15) is 4.68 Å². The maximum Gasteiger partial charge on any atom is 0.437 e. The molecule has 3 rings (SSSR count). The van der Waals surface area contributed by atoms with Crippen LogP contribution in [0.4, 0.5) is 0 Å². The number of ketones is 1. The van der Waals surface area contributed by atoms with Crippen molar-refractivity contribution in [3.05, 3.63) is 50.0 Å². The van der Waals surface area contributed by atoms with Gasteiger partial charge in [-0.1, -0.05) is 6.07 Å². The molecule has 0 spiro atoms. The first-order chi connectivity index (χ1) is 11.5. The summed E-state index contributed by atoms with van der Waals surface area (Å²) >= 11 is 2.68. The summed E-state index contributed by atoms with van der Waals surface area (Å²) in [5.74, 6) is -0.823. The molecule has 24 heavy (non-hydrogen) atoms. The number of hydrogen-bond acceptors (Lipinski definition) is 7. The highest BCUT2D eigenvalue weighted by atomic mass is 32.1. The lowest BCUT2D eigenvalue weighted by Crippen LogP contribution is -2.21. The Morgan fingerprint density at radius 2 is 2.17 bits per heavy atom. The van der Waals surface area contributed by atoms with Gasteiger partial charge in [0.25, 0.3) is 5.89 Å². The number of thiophene rings is 2. The average molecular weight is 363 g/mol. The van der Waals surface area contributed by atoms with Crippen molar-refractivity contribution in [3.63, 3.8) is 0 Å². The van der Waals surface area contributed by atoms with Crippen LogP contribution in [0.2, 0.25) is 0 Å². The molecule has 0 aromatic carbocycles. The van der Waals surface area contributed by atoms with Crippen LogP contribution in [0.25, 0.3) is 10.8 Å². The number of hydrogen-bond donors (Lipinski definition) is 1. The van der Waals surface area contributed by atoms with Gasteiger partial charge in [-0.25, -0.2) is 4.79 Å². The van der Waals surface area contributed by atoms with Crippen molar-refractivity contribution < 1.29 is 14.0 Å². The monoisotopic (exact) mass is 363 g/mol. The van der Waals surface area contributed by atoms with Gasteiger partial charge in [-0.05, 0) is 23.6 Å². The van der Waals surface area contributed by atoms with Crippen molar-refractivity contribution in [3.8, 4) is 10.8 Å². The summed E-state index contributed by atoms with van der Waals surface area (Å²) in [6.45, 7) is 1.62. The first-order valence-corrected chi connectivity index (χ1v) is 8.70. The van der Waals surface area contributed by atoms with E-state index in [1.165, 1.54) is 29.6 Å². The fourth-order valence-electron chi connectivity index (χ4n) is 1.95. The van der Waals surface area contributed by atoms with Gasteiger partial charge >= 0.3 is 5.76 Å². The molecule has 3 heterocycles. The third-order valence-corrected chi connectivity index (χ3v) is 5.06. The summed E-state index contributed by atoms with van der Waals surface area (Å²) in [6, 6.07) is 7.06. The van der Waals surface area contributed by atoms with Gasteiger partial charge in [0, 0.05) is 11.8 Å². The number of Topliss-reactive ketones (excluding diaryl/α,β-unsaturated/α-hetero) is 1. The molecular weight excluding hydrogens is 350 g/mol. The molecule has 3 aromatic rings. The largest absolute Gasteiger partial charge is 0.437 e. The Balaban J connectivity index is 1.71. The smallest absolute Gasteiger partial charge is 0.387 e. The minimum Gasteiger partial charge on any atom is -0.387 e. The molecule has 0 aliphatic heterocycles. The average Bonchev–Trinajstić information content (AvgIpc) is 3.26. The highest BCUT2D eigenvalue weighted by Gasteiger charge is 2.16. The molecule has 1 amide bonds. The molecule has 0 saturated heterocycles. The molecule has 0 fully saturated rings. The van der Waals surface area contributed by atoms with Gasteiger partial charge in [-0.3, -0.25) is 9.59 Å². The molecule has 0 radical (unpaired) electrons. The zero-order valence-corrected chi connectivity index (χ0v) is 14.3. The molecule has 0 aliphatic rings. The number of rotatable bonds is 6. The summed E-state index contributed by atoms with van der Waals surface area (Å²) in [5, 5.41) is 8.58. The standard InChI is InChI=1S/C15H13N3O4S2/c1-9(19)16-7-10-4-5-12(24-10)11(20)8-18-15(21)22-14(17-18)13-3-2-6-23-13/h2-6H,7-8H2,1H3,(H,16,19). The molecule has 7 nitrogen and oxygen atoms in total. The first kappa shape index (κ1) is 16.3. The Kier molecular flexibility index (Phi) is 4.72. The van der Waals surface area contributed by atoms with E-state index in [1.54, 1.807) is 18.2 Å². The van der Waals surface area contributed by atoms with Crippen LogP contribution < -0.4 is 11.1 Å². The van der Waals surface area contributed by atoms with Crippen LogP contribution in [-0.4, -0.2) is 21.5 Å². The van der Waals surface area contributed by atoms with Crippen molar-refractivity contribution in [2.24, 2.45) is 0 Å². The molecule has 0 saturated carbocycles. The number of nitrogens with zero attached hydrogens (tertiary/aromatic N) is 2. The molecule has 3 aromatic heterocycles. The molecule has 0 aliphatic carbocycles. The molecule has 0 bridgehead atoms. The number of carbonyl (C=O) groups excluding carboxylic acids is 2. The summed E-state index contributed by atoms with van der Waals surface area (Å²) < 4.78 is 6.09. The van der Waals surface area contributed by atoms with E-state index in [4.69, 9.17) is 4.42 Å². The minimum absolute atomic E-state index is 0.133. The Morgan fingerprint density at radius 1 is 1.33 bits per heavy atom. The fourth-order valence-corrected chi connectivity index (χ4v) is 3.48. The van der Waals surface area contributed by atoms with Gasteiger partial charge in [0.1, 0.15) is 6.54 Å². The van der Waals surface area contributed by atoms with Gasteiger partial charge in [0.05, 0.1) is 16.3 Å². The molecule has 0 unspecified atom stereocenters. The normalized spacial score (nSPS) is 10.7. The number of amides is 1. The molecule has 9 heteroatoms. The topological polar surface area (TPSA) is 94.2 Å². The summed E-state index contributed by atoms with van der Waals surface area (Å²) in [5.41, 5.74) is 0. The Morgan fingerprint density at radius 3 is 2.88 bits per heavy atom. The van der Waals surface area contributed by atoms with Crippen LogP contribution >= 0.6 is 22.7 Å². The predicted molar refractivity (Wildman–Crippen MR) is 90.2 cm³/mol. The first-order valence-electron chi connectivity index (χ1n) is 7.01. The lowest BCUT2D eigenvalue weighted by atomic mass is 10.3. The van der Waals surface area contributed by atoms with Crippen LogP contribution in [0.1, 0.15) is 21.5 Å². The lowest BCUT2D eigenvalue weighted by molar-refractivity contribution is -0.119. The van der Waals surface area contributed by atoms with Crippen molar-refractivity contribution in [1.82, 2.24) is 15.1 Å². The van der Waals surface area contributed by atoms with Crippen molar-refractivity contribution in [1.29, 1.82) is 0 Å². The quantitative estimate of drug-likeness (QED) is 0.677. The number of aromatic nitrogens is 2. The van der Waals surface area contributed by atoms with Crippen molar-refractivity contribution >= 4 is 34.4 Å². The van der Waals surface area contributed by atoms with E-state index in [0.29, 0.717) is 11.4 Å². The van der Waals surface area contributed by atoms with E-state index in [-0.39, 0.29) is 24.1 Å². The van der Waals surface area contributed by atoms with Crippen LogP contribution in [0.15, 0.2) is 38.9 Å². The van der Waals surface area contributed by atoms with E-state index >= 15 is 0 Å². The Bertz CT molecular complexity index is 921. The van der Waals surface area contributed by atoms with Gasteiger partial charge in [0.15, 0.2) is 5.78 Å². The zero-order chi connectivity index (χ0) is 17.1. The van der Waals surface area contributed by atoms with Crippen molar-refractivity contribution in [2.75, 3.05) is 0 Å².